The van der Waals surface area contributed by atoms with Crippen LogP contribution >= 0.6 is 0 Å². The van der Waals surface area contributed by atoms with Gasteiger partial charge < -0.3 is 9.64 Å². The Morgan fingerprint density at radius 3 is 2.43 bits per heavy atom. The fourth-order valence-electron chi connectivity index (χ4n) is 2.22. The summed E-state index contributed by atoms with van der Waals surface area (Å²) < 4.78 is 18.8. The van der Waals surface area contributed by atoms with Crippen molar-refractivity contribution in [2.75, 3.05) is 19.1 Å². The summed E-state index contributed by atoms with van der Waals surface area (Å²) in [5, 5.41) is 0.803. The van der Waals surface area contributed by atoms with Crippen molar-refractivity contribution in [3.63, 3.8) is 0 Å². The van der Waals surface area contributed by atoms with Gasteiger partial charge in [-0.15, -0.1) is 0 Å². The van der Waals surface area contributed by atoms with E-state index >= 15 is 0 Å². The predicted molar refractivity (Wildman–Crippen MR) is 80.6 cm³/mol. The largest absolute Gasteiger partial charge is 0.497 e. The predicted octanol–water partition coefficient (Wildman–Crippen LogP) is 3.55. The molecule has 3 aromatic rings. The minimum absolute atomic E-state index is 0.531. The third kappa shape index (κ3) is 2.50. The lowest BCUT2D eigenvalue weighted by molar-refractivity contribution is 0.415. The Morgan fingerprint density at radius 2 is 1.71 bits per heavy atom. The molecule has 0 radical (unpaired) electrons. The van der Waals surface area contributed by atoms with Crippen LogP contribution in [-0.4, -0.2) is 24.1 Å². The topological polar surface area (TPSA) is 38.2 Å². The van der Waals surface area contributed by atoms with Gasteiger partial charge >= 0.3 is 6.08 Å². The molecule has 1 aromatic heterocycles. The minimum atomic E-state index is -0.732. The highest BCUT2D eigenvalue weighted by atomic mass is 18.2. The molecule has 3 rings (SSSR count). The summed E-state index contributed by atoms with van der Waals surface area (Å²) >= 11 is 0. The summed E-state index contributed by atoms with van der Waals surface area (Å²) in [6.07, 6.45) is -0.732. The first-order chi connectivity index (χ1) is 10.2. The van der Waals surface area contributed by atoms with Crippen molar-refractivity contribution in [1.29, 1.82) is 0 Å². The second kappa shape index (κ2) is 5.36. The Kier molecular flexibility index (Phi) is 3.39. The van der Waals surface area contributed by atoms with Gasteiger partial charge in [0.05, 0.1) is 12.6 Å². The maximum absolute atomic E-state index is 13.6. The molecule has 0 fully saturated rings. The molecule has 2 aromatic carbocycles. The van der Waals surface area contributed by atoms with E-state index < -0.39 is 6.08 Å². The maximum Gasteiger partial charge on any atom is 0.311 e. The molecule has 4 nitrogen and oxygen atoms in total. The van der Waals surface area contributed by atoms with Gasteiger partial charge in [-0.2, -0.15) is 9.37 Å². The van der Waals surface area contributed by atoms with Crippen molar-refractivity contribution in [2.45, 2.75) is 0 Å². The normalized spacial score (nSPS) is 10.6. The Labute approximate surface area is 121 Å². The fourth-order valence-corrected chi connectivity index (χ4v) is 2.22. The van der Waals surface area contributed by atoms with E-state index in [0.29, 0.717) is 11.3 Å². The van der Waals surface area contributed by atoms with Crippen LogP contribution in [0.15, 0.2) is 48.5 Å². The van der Waals surface area contributed by atoms with Crippen LogP contribution in [0.4, 0.5) is 15.9 Å². The van der Waals surface area contributed by atoms with E-state index in [9.17, 15) is 4.39 Å². The van der Waals surface area contributed by atoms with Gasteiger partial charge in [0, 0.05) is 18.1 Å². The van der Waals surface area contributed by atoms with E-state index in [-0.39, 0.29) is 0 Å². The lowest BCUT2D eigenvalue weighted by Gasteiger charge is -2.20. The molecule has 0 atom stereocenters. The highest BCUT2D eigenvalue weighted by molar-refractivity contribution is 5.91. The zero-order valence-corrected chi connectivity index (χ0v) is 11.7. The number of aromatic nitrogens is 2. The second-order valence-corrected chi connectivity index (χ2v) is 4.59. The number of rotatable bonds is 3. The average molecular weight is 282 g/mol. The SMILES string of the molecule is COc1ccc(N(C)c2nc([18F])nc3ccccc23)cc1. The smallest absolute Gasteiger partial charge is 0.311 e. The van der Waals surface area contributed by atoms with Gasteiger partial charge in [-0.05, 0) is 36.4 Å². The molecular weight excluding hydrogens is 268 g/mol. The van der Waals surface area contributed by atoms with E-state index in [1.54, 1.807) is 13.2 Å². The van der Waals surface area contributed by atoms with Gasteiger partial charge in [-0.1, -0.05) is 12.1 Å². The van der Waals surface area contributed by atoms with Crippen molar-refractivity contribution >= 4 is 22.4 Å². The van der Waals surface area contributed by atoms with Gasteiger partial charge in [0.15, 0.2) is 0 Å². The monoisotopic (exact) mass is 282 g/mol. The van der Waals surface area contributed by atoms with Crippen LogP contribution in [0, 0.1) is 6.08 Å². The van der Waals surface area contributed by atoms with E-state index in [2.05, 4.69) is 9.97 Å². The highest BCUT2D eigenvalue weighted by Crippen LogP contribution is 2.29. The number of halogens is 1. The van der Waals surface area contributed by atoms with Crippen LogP contribution < -0.4 is 9.64 Å². The molecule has 0 unspecified atom stereocenters. The number of para-hydroxylation sites is 1. The molecule has 0 N–H and O–H groups in total. The summed E-state index contributed by atoms with van der Waals surface area (Å²) in [5.74, 6) is 1.30. The zero-order valence-electron chi connectivity index (χ0n) is 11.7. The summed E-state index contributed by atoms with van der Waals surface area (Å²) in [7, 11) is 3.46. The molecule has 106 valence electrons. The number of fused-ring (bicyclic) bond motifs is 1. The molecule has 5 heteroatoms. The lowest BCUT2D eigenvalue weighted by Crippen LogP contribution is -2.13. The molecule has 0 bridgehead atoms. The quantitative estimate of drug-likeness (QED) is 0.689. The summed E-state index contributed by atoms with van der Waals surface area (Å²) in [5.41, 5.74) is 1.47. The summed E-state index contributed by atoms with van der Waals surface area (Å²) in [4.78, 5) is 9.58. The van der Waals surface area contributed by atoms with Crippen molar-refractivity contribution < 1.29 is 9.13 Å². The molecule has 0 saturated heterocycles. The Bertz CT molecular complexity index is 774. The van der Waals surface area contributed by atoms with Gasteiger partial charge in [-0.25, -0.2) is 4.98 Å². The van der Waals surface area contributed by atoms with Gasteiger partial charge in [-0.3, -0.25) is 0 Å². The first kappa shape index (κ1) is 13.3. The Morgan fingerprint density at radius 1 is 1.00 bits per heavy atom. The molecule has 21 heavy (non-hydrogen) atoms. The molecule has 0 saturated carbocycles. The Balaban J connectivity index is 2.09. The molecule has 0 aliphatic heterocycles. The number of nitrogens with zero attached hydrogens (tertiary/aromatic N) is 3. The van der Waals surface area contributed by atoms with Crippen LogP contribution in [-0.2, 0) is 0 Å². The first-order valence-corrected chi connectivity index (χ1v) is 6.49. The molecule has 0 aliphatic rings. The van der Waals surface area contributed by atoms with Gasteiger partial charge in [0.2, 0.25) is 0 Å². The molecular formula is C16H14FN3O. The minimum Gasteiger partial charge on any atom is -0.497 e. The molecule has 0 aliphatic carbocycles. The van der Waals surface area contributed by atoms with Crippen LogP contribution in [0.3, 0.4) is 0 Å². The number of hydrogen-bond acceptors (Lipinski definition) is 4. The zero-order chi connectivity index (χ0) is 14.8. The first-order valence-electron chi connectivity index (χ1n) is 6.49. The maximum atomic E-state index is 13.6. The van der Waals surface area contributed by atoms with E-state index in [0.717, 1.165) is 16.8 Å². The van der Waals surface area contributed by atoms with Crippen molar-refractivity contribution in [3.8, 4) is 5.75 Å². The second-order valence-electron chi connectivity index (χ2n) is 4.59. The number of ether oxygens (including phenoxy) is 1. The number of anilines is 2. The third-order valence-electron chi connectivity index (χ3n) is 3.33. The Hall–Kier alpha value is -2.69. The average Bonchev–Trinajstić information content (AvgIpc) is 2.53. The fraction of sp³-hybridized carbons (Fsp3) is 0.125. The van der Waals surface area contributed by atoms with Gasteiger partial charge in [0.1, 0.15) is 11.6 Å². The number of methoxy groups -OCH3 is 1. The summed E-state index contributed by atoms with van der Waals surface area (Å²) in [6, 6.07) is 14.9. The third-order valence-corrected chi connectivity index (χ3v) is 3.33. The van der Waals surface area contributed by atoms with Crippen LogP contribution in [0.25, 0.3) is 10.9 Å². The molecule has 0 spiro atoms. The van der Waals surface area contributed by atoms with E-state index in [4.69, 9.17) is 4.74 Å². The van der Waals surface area contributed by atoms with Crippen LogP contribution in [0.5, 0.6) is 5.75 Å². The lowest BCUT2D eigenvalue weighted by atomic mass is 10.2. The molecule has 1 heterocycles. The van der Waals surface area contributed by atoms with Crippen molar-refractivity contribution in [3.05, 3.63) is 54.6 Å². The van der Waals surface area contributed by atoms with Crippen molar-refractivity contribution in [1.82, 2.24) is 9.97 Å². The van der Waals surface area contributed by atoms with E-state index in [1.165, 1.54) is 0 Å². The van der Waals surface area contributed by atoms with Gasteiger partial charge in [0.25, 0.3) is 0 Å². The number of benzene rings is 2. The summed E-state index contributed by atoms with van der Waals surface area (Å²) in [6.45, 7) is 0. The highest BCUT2D eigenvalue weighted by Gasteiger charge is 2.12. The van der Waals surface area contributed by atoms with Crippen LogP contribution in [0.2, 0.25) is 0 Å². The van der Waals surface area contributed by atoms with Crippen LogP contribution in [0.1, 0.15) is 0 Å². The van der Waals surface area contributed by atoms with E-state index in [1.807, 2.05) is 54.4 Å². The number of hydrogen-bond donors (Lipinski definition) is 0. The van der Waals surface area contributed by atoms with Crippen molar-refractivity contribution in [2.24, 2.45) is 0 Å². The standard InChI is InChI=1S/C16H14FN3O/c1-20(11-7-9-12(21-2)10-8-11)15-13-5-3-4-6-14(13)18-16(17)19-15/h3-10H,1-2H3/i17-1. The molecule has 0 amide bonds.